The molecule has 0 saturated heterocycles. The summed E-state index contributed by atoms with van der Waals surface area (Å²) in [6.07, 6.45) is -0.362. The minimum absolute atomic E-state index is 0.0626. The minimum atomic E-state index is -0.853. The largest absolute Gasteiger partial charge is 0.486 e. The monoisotopic (exact) mass is 415 g/mol. The number of nitro benzene ring substituents is 1. The van der Waals surface area contributed by atoms with Gasteiger partial charge in [-0.2, -0.15) is 0 Å². The molecule has 3 rings (SSSR count). The minimum Gasteiger partial charge on any atom is -0.486 e. The van der Waals surface area contributed by atoms with E-state index in [9.17, 15) is 19.7 Å². The van der Waals surface area contributed by atoms with Crippen LogP contribution in [0.1, 0.15) is 17.3 Å². The molecule has 2 aromatic carbocycles. The van der Waals surface area contributed by atoms with E-state index in [1.807, 2.05) is 12.1 Å². The van der Waals surface area contributed by atoms with E-state index in [2.05, 4.69) is 0 Å². The van der Waals surface area contributed by atoms with Gasteiger partial charge >= 0.3 is 5.97 Å². The predicted molar refractivity (Wildman–Crippen MR) is 106 cm³/mol. The van der Waals surface area contributed by atoms with E-state index in [0.717, 1.165) is 6.07 Å². The predicted octanol–water partition coefficient (Wildman–Crippen LogP) is 2.02. The zero-order chi connectivity index (χ0) is 21.7. The van der Waals surface area contributed by atoms with E-state index in [1.165, 1.54) is 17.0 Å². The van der Waals surface area contributed by atoms with E-state index in [0.29, 0.717) is 18.0 Å². The van der Waals surface area contributed by atoms with Gasteiger partial charge in [0, 0.05) is 12.6 Å². The molecular formula is C20H21N3O7. The van der Waals surface area contributed by atoms with Crippen LogP contribution in [0.5, 0.6) is 11.5 Å². The van der Waals surface area contributed by atoms with Crippen molar-refractivity contribution < 1.29 is 28.7 Å². The van der Waals surface area contributed by atoms with E-state index in [4.69, 9.17) is 19.9 Å². The number of carbonyl (C=O) groups excluding carboxylic acids is 2. The Morgan fingerprint density at radius 2 is 2.00 bits per heavy atom. The molecule has 0 fully saturated rings. The molecule has 1 atom stereocenters. The first-order chi connectivity index (χ1) is 14.4. The average molecular weight is 415 g/mol. The Kier molecular flexibility index (Phi) is 6.35. The van der Waals surface area contributed by atoms with Crippen LogP contribution in [0.2, 0.25) is 0 Å². The molecule has 0 spiro atoms. The number of esters is 1. The van der Waals surface area contributed by atoms with E-state index < -0.39 is 29.1 Å². The van der Waals surface area contributed by atoms with Crippen molar-refractivity contribution >= 4 is 23.3 Å². The van der Waals surface area contributed by atoms with Crippen molar-refractivity contribution in [3.8, 4) is 11.5 Å². The Bertz CT molecular complexity index is 963. The molecule has 30 heavy (non-hydrogen) atoms. The molecule has 1 aliphatic heterocycles. The van der Waals surface area contributed by atoms with Crippen LogP contribution in [0.4, 0.5) is 11.4 Å². The van der Waals surface area contributed by atoms with Crippen LogP contribution in [0.25, 0.3) is 0 Å². The Balaban J connectivity index is 1.56. The van der Waals surface area contributed by atoms with Gasteiger partial charge in [0.15, 0.2) is 24.2 Å². The third-order valence-corrected chi connectivity index (χ3v) is 4.52. The molecule has 0 aliphatic carbocycles. The molecule has 1 heterocycles. The van der Waals surface area contributed by atoms with Crippen molar-refractivity contribution in [3.63, 3.8) is 0 Å². The number of nitrogens with two attached hydrogens (primary N) is 1. The topological polar surface area (TPSA) is 134 Å². The normalized spacial score (nSPS) is 14.6. The number of amides is 1. The molecule has 2 N–H and O–H groups in total. The summed E-state index contributed by atoms with van der Waals surface area (Å²) < 4.78 is 16.5. The molecular weight excluding hydrogens is 394 g/mol. The van der Waals surface area contributed by atoms with Crippen molar-refractivity contribution in [2.45, 2.75) is 13.0 Å². The lowest BCUT2D eigenvalue weighted by Gasteiger charge is -2.30. The highest BCUT2D eigenvalue weighted by Crippen LogP contribution is 2.31. The first-order valence-corrected chi connectivity index (χ1v) is 9.26. The van der Waals surface area contributed by atoms with Crippen molar-refractivity contribution in [1.82, 2.24) is 4.90 Å². The number of nitro groups is 1. The summed E-state index contributed by atoms with van der Waals surface area (Å²) >= 11 is 0. The van der Waals surface area contributed by atoms with Crippen LogP contribution in [0.3, 0.4) is 0 Å². The van der Waals surface area contributed by atoms with Crippen LogP contribution >= 0.6 is 0 Å². The van der Waals surface area contributed by atoms with Gasteiger partial charge < -0.3 is 24.8 Å². The van der Waals surface area contributed by atoms with Crippen LogP contribution in [0, 0.1) is 10.1 Å². The maximum Gasteiger partial charge on any atom is 0.338 e. The maximum absolute atomic E-state index is 12.5. The van der Waals surface area contributed by atoms with Gasteiger partial charge in [0.1, 0.15) is 12.3 Å². The Morgan fingerprint density at radius 3 is 2.70 bits per heavy atom. The number of fused-ring (bicyclic) bond motifs is 1. The molecule has 158 valence electrons. The molecule has 10 nitrogen and oxygen atoms in total. The number of para-hydroxylation sites is 2. The fourth-order valence-corrected chi connectivity index (χ4v) is 2.94. The smallest absolute Gasteiger partial charge is 0.338 e. The van der Waals surface area contributed by atoms with E-state index in [-0.39, 0.29) is 30.5 Å². The molecule has 0 radical (unpaired) electrons. The second kappa shape index (κ2) is 9.12. The Hall–Kier alpha value is -3.82. The SMILES string of the molecule is CCN(C[C@H]1COc2ccccc2O1)C(=O)COC(=O)c1ccc(N)c([N+](=O)[O-])c1. The number of anilines is 1. The molecule has 0 unspecified atom stereocenters. The number of ether oxygens (including phenoxy) is 3. The number of hydrogen-bond donors (Lipinski definition) is 1. The van der Waals surface area contributed by atoms with Crippen molar-refractivity contribution in [2.75, 3.05) is 32.0 Å². The number of likely N-dealkylation sites (N-methyl/N-ethyl adjacent to an activating group) is 1. The molecule has 1 amide bonds. The highest BCUT2D eigenvalue weighted by atomic mass is 16.6. The second-order valence-corrected chi connectivity index (χ2v) is 6.54. The number of benzene rings is 2. The van der Waals surface area contributed by atoms with Gasteiger partial charge in [-0.3, -0.25) is 14.9 Å². The number of nitrogens with zero attached hydrogens (tertiary/aromatic N) is 2. The summed E-state index contributed by atoms with van der Waals surface area (Å²) in [7, 11) is 0. The molecule has 1 aliphatic rings. The Morgan fingerprint density at radius 1 is 1.27 bits per heavy atom. The van der Waals surface area contributed by atoms with E-state index >= 15 is 0 Å². The van der Waals surface area contributed by atoms with Gasteiger partial charge in [0.2, 0.25) is 0 Å². The molecule has 10 heteroatoms. The first-order valence-electron chi connectivity index (χ1n) is 9.26. The summed E-state index contributed by atoms with van der Waals surface area (Å²) in [4.78, 5) is 36.4. The van der Waals surface area contributed by atoms with Gasteiger partial charge in [0.25, 0.3) is 11.6 Å². The van der Waals surface area contributed by atoms with Gasteiger partial charge in [-0.1, -0.05) is 12.1 Å². The van der Waals surface area contributed by atoms with Gasteiger partial charge in [-0.15, -0.1) is 0 Å². The first kappa shape index (κ1) is 20.9. The fourth-order valence-electron chi connectivity index (χ4n) is 2.94. The van der Waals surface area contributed by atoms with E-state index in [1.54, 1.807) is 19.1 Å². The number of rotatable bonds is 7. The Labute approximate surface area is 172 Å². The zero-order valence-corrected chi connectivity index (χ0v) is 16.3. The van der Waals surface area contributed by atoms with Gasteiger partial charge in [-0.25, -0.2) is 4.79 Å². The third kappa shape index (κ3) is 4.77. The summed E-state index contributed by atoms with van der Waals surface area (Å²) in [5.41, 5.74) is 4.98. The summed E-state index contributed by atoms with van der Waals surface area (Å²) in [5, 5.41) is 10.9. The van der Waals surface area contributed by atoms with Crippen LogP contribution < -0.4 is 15.2 Å². The quantitative estimate of drug-likeness (QED) is 0.314. The molecule has 0 aromatic heterocycles. The zero-order valence-electron chi connectivity index (χ0n) is 16.3. The van der Waals surface area contributed by atoms with Crippen LogP contribution in [0.15, 0.2) is 42.5 Å². The highest BCUT2D eigenvalue weighted by molar-refractivity contribution is 5.92. The van der Waals surface area contributed by atoms with Crippen LogP contribution in [-0.4, -0.2) is 54.1 Å². The summed E-state index contributed by atoms with van der Waals surface area (Å²) in [5.74, 6) is -0.0183. The number of carbonyl (C=O) groups is 2. The molecule has 0 saturated carbocycles. The fraction of sp³-hybridized carbons (Fsp3) is 0.300. The number of hydrogen-bond acceptors (Lipinski definition) is 8. The molecule has 2 aromatic rings. The average Bonchev–Trinajstić information content (AvgIpc) is 2.75. The molecule has 0 bridgehead atoms. The lowest BCUT2D eigenvalue weighted by Crippen LogP contribution is -2.45. The van der Waals surface area contributed by atoms with Gasteiger partial charge in [-0.05, 0) is 31.2 Å². The van der Waals surface area contributed by atoms with Gasteiger partial charge in [0.05, 0.1) is 17.0 Å². The standard InChI is InChI=1S/C20H21N3O7/c1-2-22(10-14-11-28-17-5-3-4-6-18(17)30-14)19(24)12-29-20(25)13-7-8-15(21)16(9-13)23(26)27/h3-9,14H,2,10-12,21H2,1H3/t14-/m0/s1. The summed E-state index contributed by atoms with van der Waals surface area (Å²) in [6.45, 7) is 2.21. The highest BCUT2D eigenvalue weighted by Gasteiger charge is 2.25. The number of nitrogen functional groups attached to an aromatic ring is 1. The van der Waals surface area contributed by atoms with Crippen molar-refractivity contribution in [1.29, 1.82) is 0 Å². The van der Waals surface area contributed by atoms with Crippen LogP contribution in [-0.2, 0) is 9.53 Å². The van der Waals surface area contributed by atoms with Crippen molar-refractivity contribution in [3.05, 3.63) is 58.1 Å². The lowest BCUT2D eigenvalue weighted by atomic mass is 10.2. The van der Waals surface area contributed by atoms with Crippen molar-refractivity contribution in [2.24, 2.45) is 0 Å². The maximum atomic E-state index is 12.5. The second-order valence-electron chi connectivity index (χ2n) is 6.54. The lowest BCUT2D eigenvalue weighted by molar-refractivity contribution is -0.383. The summed E-state index contributed by atoms with van der Waals surface area (Å²) in [6, 6.07) is 10.8. The third-order valence-electron chi connectivity index (χ3n) is 4.52.